The Hall–Kier alpha value is -1.04. The summed E-state index contributed by atoms with van der Waals surface area (Å²) in [5.74, 6) is 0.712. The minimum absolute atomic E-state index is 0.372. The fourth-order valence-electron chi connectivity index (χ4n) is 2.77. The molecular formula is C19H19Cl3N2OS. The molecule has 0 unspecified atom stereocenters. The van der Waals surface area contributed by atoms with Crippen LogP contribution in [-0.4, -0.2) is 48.0 Å². The van der Waals surface area contributed by atoms with Crippen LogP contribution in [0.3, 0.4) is 0 Å². The van der Waals surface area contributed by atoms with Gasteiger partial charge in [0.2, 0.25) is 0 Å². The first-order valence-electron chi connectivity index (χ1n) is 8.28. The van der Waals surface area contributed by atoms with Crippen molar-refractivity contribution in [3.8, 4) is 5.75 Å². The molecular weight excluding hydrogens is 411 g/mol. The molecule has 7 heteroatoms. The second-order valence-electron chi connectivity index (χ2n) is 6.27. The summed E-state index contributed by atoms with van der Waals surface area (Å²) in [6.07, 6.45) is 0. The maximum atomic E-state index is 6.20. The molecule has 0 N–H and O–H groups in total. The Labute approximate surface area is 174 Å². The van der Waals surface area contributed by atoms with E-state index in [1.807, 2.05) is 24.3 Å². The minimum Gasteiger partial charge on any atom is -0.488 e. The predicted molar refractivity (Wildman–Crippen MR) is 113 cm³/mol. The number of halogens is 3. The van der Waals surface area contributed by atoms with Crippen molar-refractivity contribution in [3.05, 3.63) is 62.6 Å². The van der Waals surface area contributed by atoms with Crippen LogP contribution < -0.4 is 4.74 Å². The third kappa shape index (κ3) is 4.81. The Morgan fingerprint density at radius 3 is 2.42 bits per heavy atom. The highest BCUT2D eigenvalue weighted by atomic mass is 35.5. The monoisotopic (exact) mass is 428 g/mol. The van der Waals surface area contributed by atoms with Gasteiger partial charge in [-0.3, -0.25) is 0 Å². The lowest BCUT2D eigenvalue weighted by atomic mass is 10.1. The predicted octanol–water partition coefficient (Wildman–Crippen LogP) is 5.15. The number of hydrogen-bond donors (Lipinski definition) is 0. The van der Waals surface area contributed by atoms with Crippen LogP contribution in [0.15, 0.2) is 36.4 Å². The Kier molecular flexibility index (Phi) is 6.65. The zero-order valence-electron chi connectivity index (χ0n) is 14.3. The van der Waals surface area contributed by atoms with Crippen molar-refractivity contribution >= 4 is 52.0 Å². The van der Waals surface area contributed by atoms with Gasteiger partial charge in [0.05, 0.1) is 15.6 Å². The van der Waals surface area contributed by atoms with Crippen LogP contribution in [0.1, 0.15) is 11.1 Å². The van der Waals surface area contributed by atoms with Crippen LogP contribution >= 0.6 is 47.0 Å². The topological polar surface area (TPSA) is 15.7 Å². The summed E-state index contributed by atoms with van der Waals surface area (Å²) in [5, 5.41) is 1.68. The zero-order valence-corrected chi connectivity index (χ0v) is 17.4. The third-order valence-electron chi connectivity index (χ3n) is 4.34. The zero-order chi connectivity index (χ0) is 18.7. The summed E-state index contributed by atoms with van der Waals surface area (Å²) >= 11 is 24.0. The van der Waals surface area contributed by atoms with E-state index >= 15 is 0 Å². The highest BCUT2D eigenvalue weighted by Crippen LogP contribution is 2.28. The van der Waals surface area contributed by atoms with Crippen molar-refractivity contribution < 1.29 is 4.74 Å². The summed E-state index contributed by atoms with van der Waals surface area (Å²) in [4.78, 5) is 5.26. The van der Waals surface area contributed by atoms with Gasteiger partial charge in [-0.05, 0) is 42.9 Å². The minimum atomic E-state index is 0.372. The highest BCUT2D eigenvalue weighted by Gasteiger charge is 2.20. The van der Waals surface area contributed by atoms with Gasteiger partial charge in [0.1, 0.15) is 17.3 Å². The second kappa shape index (κ2) is 8.77. The van der Waals surface area contributed by atoms with Crippen molar-refractivity contribution in [2.24, 2.45) is 0 Å². The first-order valence-corrected chi connectivity index (χ1v) is 9.82. The number of benzene rings is 2. The molecule has 0 bridgehead atoms. The lowest BCUT2D eigenvalue weighted by Crippen LogP contribution is -2.46. The van der Waals surface area contributed by atoms with Gasteiger partial charge < -0.3 is 14.5 Å². The number of piperazine rings is 1. The molecule has 0 radical (unpaired) electrons. The molecule has 0 amide bonds. The summed E-state index contributed by atoms with van der Waals surface area (Å²) in [6, 6.07) is 11.0. The molecule has 26 heavy (non-hydrogen) atoms. The van der Waals surface area contributed by atoms with E-state index in [1.54, 1.807) is 12.1 Å². The van der Waals surface area contributed by atoms with E-state index in [2.05, 4.69) is 16.8 Å². The van der Waals surface area contributed by atoms with Crippen LogP contribution in [0.5, 0.6) is 5.75 Å². The molecule has 1 aliphatic rings. The Morgan fingerprint density at radius 2 is 1.73 bits per heavy atom. The van der Waals surface area contributed by atoms with E-state index in [0.717, 1.165) is 42.3 Å². The SMILES string of the molecule is CN1CCN(C(=S)c2cc(Cl)ccc2OCc2ccc(Cl)c(Cl)c2)CC1. The molecule has 3 rings (SSSR count). The quantitative estimate of drug-likeness (QED) is 0.624. The van der Waals surface area contributed by atoms with Crippen LogP contribution in [0.4, 0.5) is 0 Å². The largest absolute Gasteiger partial charge is 0.488 e. The summed E-state index contributed by atoms with van der Waals surface area (Å²) in [6.45, 7) is 4.14. The molecule has 0 spiro atoms. The van der Waals surface area contributed by atoms with Crippen molar-refractivity contribution in [1.29, 1.82) is 0 Å². The molecule has 3 nitrogen and oxygen atoms in total. The van der Waals surface area contributed by atoms with E-state index in [-0.39, 0.29) is 0 Å². The number of hydrogen-bond acceptors (Lipinski definition) is 3. The Morgan fingerprint density at radius 1 is 1.00 bits per heavy atom. The maximum absolute atomic E-state index is 6.20. The molecule has 1 fully saturated rings. The van der Waals surface area contributed by atoms with Crippen LogP contribution in [0.25, 0.3) is 0 Å². The molecule has 0 atom stereocenters. The van der Waals surface area contributed by atoms with Gasteiger partial charge in [-0.15, -0.1) is 0 Å². The van der Waals surface area contributed by atoms with Gasteiger partial charge >= 0.3 is 0 Å². The average molecular weight is 430 g/mol. The van der Waals surface area contributed by atoms with Crippen molar-refractivity contribution in [1.82, 2.24) is 9.80 Å². The molecule has 1 aliphatic heterocycles. The summed E-state index contributed by atoms with van der Waals surface area (Å²) in [7, 11) is 2.12. The normalized spacial score (nSPS) is 15.2. The van der Waals surface area contributed by atoms with Gasteiger partial charge in [0, 0.05) is 31.2 Å². The van der Waals surface area contributed by atoms with E-state index in [0.29, 0.717) is 27.4 Å². The number of likely N-dealkylation sites (N-methyl/N-ethyl adjacent to an activating group) is 1. The molecule has 0 saturated carbocycles. The number of nitrogens with zero attached hydrogens (tertiary/aromatic N) is 2. The van der Waals surface area contributed by atoms with Crippen LogP contribution in [0.2, 0.25) is 15.1 Å². The average Bonchev–Trinajstić information content (AvgIpc) is 2.63. The van der Waals surface area contributed by atoms with Crippen molar-refractivity contribution in [3.63, 3.8) is 0 Å². The Balaban J connectivity index is 1.77. The van der Waals surface area contributed by atoms with E-state index in [4.69, 9.17) is 51.8 Å². The highest BCUT2D eigenvalue weighted by molar-refractivity contribution is 7.80. The van der Waals surface area contributed by atoms with Crippen molar-refractivity contribution in [2.75, 3.05) is 33.2 Å². The third-order valence-corrected chi connectivity index (χ3v) is 5.79. The second-order valence-corrected chi connectivity index (χ2v) is 7.91. The molecule has 1 heterocycles. The lowest BCUT2D eigenvalue weighted by molar-refractivity contribution is 0.217. The summed E-state index contributed by atoms with van der Waals surface area (Å²) < 4.78 is 6.02. The van der Waals surface area contributed by atoms with Gasteiger partial charge in [-0.1, -0.05) is 53.1 Å². The molecule has 2 aromatic carbocycles. The van der Waals surface area contributed by atoms with Crippen LogP contribution in [0, 0.1) is 0 Å². The van der Waals surface area contributed by atoms with E-state index < -0.39 is 0 Å². The van der Waals surface area contributed by atoms with E-state index in [9.17, 15) is 0 Å². The maximum Gasteiger partial charge on any atom is 0.130 e. The first kappa shape index (κ1) is 19.7. The molecule has 138 valence electrons. The molecule has 2 aromatic rings. The number of thiocarbonyl (C=S) groups is 1. The number of ether oxygens (including phenoxy) is 1. The van der Waals surface area contributed by atoms with Crippen molar-refractivity contribution in [2.45, 2.75) is 6.61 Å². The molecule has 0 aromatic heterocycles. The lowest BCUT2D eigenvalue weighted by Gasteiger charge is -2.34. The van der Waals surface area contributed by atoms with Gasteiger partial charge in [-0.2, -0.15) is 0 Å². The van der Waals surface area contributed by atoms with Crippen LogP contribution in [-0.2, 0) is 6.61 Å². The summed E-state index contributed by atoms with van der Waals surface area (Å²) in [5.41, 5.74) is 1.78. The number of rotatable bonds is 4. The Bertz CT molecular complexity index is 807. The molecule has 0 aliphatic carbocycles. The van der Waals surface area contributed by atoms with Gasteiger partial charge in [-0.25, -0.2) is 0 Å². The van der Waals surface area contributed by atoms with Gasteiger partial charge in [0.25, 0.3) is 0 Å². The first-order chi connectivity index (χ1) is 12.4. The van der Waals surface area contributed by atoms with Gasteiger partial charge in [0.15, 0.2) is 0 Å². The molecule has 1 saturated heterocycles. The fraction of sp³-hybridized carbons (Fsp3) is 0.316. The van der Waals surface area contributed by atoms with E-state index in [1.165, 1.54) is 0 Å². The smallest absolute Gasteiger partial charge is 0.130 e. The fourth-order valence-corrected chi connectivity index (χ4v) is 3.60. The standard InChI is InChI=1S/C19H19Cl3N2OS/c1-23-6-8-24(9-7-23)19(26)15-11-14(20)3-5-18(15)25-12-13-2-4-16(21)17(22)10-13/h2-5,10-11H,6-9,12H2,1H3.